The van der Waals surface area contributed by atoms with E-state index in [0.29, 0.717) is 33.0 Å². The van der Waals surface area contributed by atoms with Gasteiger partial charge in [0.15, 0.2) is 11.6 Å². The van der Waals surface area contributed by atoms with Gasteiger partial charge in [0.05, 0.1) is 15.6 Å². The van der Waals surface area contributed by atoms with Gasteiger partial charge in [-0.3, -0.25) is 0 Å². The molecule has 0 saturated carbocycles. The molecule has 6 heteroatoms. The van der Waals surface area contributed by atoms with Crippen LogP contribution in [0.3, 0.4) is 0 Å². The molecule has 1 aromatic heterocycles. The quantitative estimate of drug-likeness (QED) is 0.601. The summed E-state index contributed by atoms with van der Waals surface area (Å²) >= 11 is 12.3. The van der Waals surface area contributed by atoms with Gasteiger partial charge in [0, 0.05) is 13.0 Å². The minimum Gasteiger partial charge on any atom is -0.457 e. The van der Waals surface area contributed by atoms with E-state index in [4.69, 9.17) is 32.4 Å². The molecular weight excluding hydrogens is 313 g/mol. The van der Waals surface area contributed by atoms with Crippen molar-refractivity contribution >= 4 is 41.1 Å². The van der Waals surface area contributed by atoms with E-state index >= 15 is 0 Å². The van der Waals surface area contributed by atoms with Gasteiger partial charge >= 0.3 is 5.97 Å². The Morgan fingerprint density at radius 3 is 2.48 bits per heavy atom. The fourth-order valence-electron chi connectivity index (χ4n) is 1.95. The summed E-state index contributed by atoms with van der Waals surface area (Å²) in [4.78, 5) is 15.5. The fraction of sp³-hybridized carbons (Fsp3) is 0.0667. The number of carbonyl (C=O) groups excluding carboxylic acids is 1. The third-order valence-corrected chi connectivity index (χ3v) is 3.47. The summed E-state index contributed by atoms with van der Waals surface area (Å²) in [7, 11) is 0. The number of hydrogen-bond acceptors (Lipinski definition) is 4. The highest BCUT2D eigenvalue weighted by molar-refractivity contribution is 6.39. The molecule has 1 aliphatic heterocycles. The third-order valence-electron chi connectivity index (χ3n) is 2.84. The van der Waals surface area contributed by atoms with Crippen molar-refractivity contribution in [2.75, 3.05) is 0 Å². The second kappa shape index (κ2) is 5.39. The molecule has 106 valence electrons. The largest absolute Gasteiger partial charge is 0.457 e. The molecule has 0 spiro atoms. The van der Waals surface area contributed by atoms with E-state index in [2.05, 4.69) is 4.99 Å². The zero-order valence-electron chi connectivity index (χ0n) is 10.9. The van der Waals surface area contributed by atoms with Gasteiger partial charge in [0.25, 0.3) is 0 Å². The Kier molecular flexibility index (Phi) is 3.57. The zero-order chi connectivity index (χ0) is 15.0. The third kappa shape index (κ3) is 2.73. The van der Waals surface area contributed by atoms with Gasteiger partial charge < -0.3 is 9.15 Å². The molecule has 0 radical (unpaired) electrons. The van der Waals surface area contributed by atoms with E-state index in [0.717, 1.165) is 0 Å². The second-order valence-electron chi connectivity index (χ2n) is 4.35. The maximum Gasteiger partial charge on any atom is 0.363 e. The molecule has 0 N–H and O–H groups in total. The van der Waals surface area contributed by atoms with Crippen LogP contribution in [-0.4, -0.2) is 11.9 Å². The van der Waals surface area contributed by atoms with E-state index in [9.17, 15) is 4.79 Å². The van der Waals surface area contributed by atoms with Crippen molar-refractivity contribution in [3.63, 3.8) is 0 Å². The molecule has 3 rings (SSSR count). The summed E-state index contributed by atoms with van der Waals surface area (Å²) in [6, 6.07) is 8.65. The van der Waals surface area contributed by atoms with Crippen molar-refractivity contribution in [2.24, 2.45) is 4.99 Å². The highest BCUT2D eigenvalue weighted by Crippen LogP contribution is 2.35. The van der Waals surface area contributed by atoms with E-state index < -0.39 is 5.97 Å². The van der Waals surface area contributed by atoms with E-state index in [1.165, 1.54) is 6.08 Å². The van der Waals surface area contributed by atoms with Crippen LogP contribution in [0.2, 0.25) is 10.0 Å². The maximum absolute atomic E-state index is 11.5. The molecule has 0 amide bonds. The smallest absolute Gasteiger partial charge is 0.363 e. The van der Waals surface area contributed by atoms with Gasteiger partial charge in [0.2, 0.25) is 0 Å². The van der Waals surface area contributed by atoms with Gasteiger partial charge in [0.1, 0.15) is 11.5 Å². The number of halogens is 2. The molecule has 21 heavy (non-hydrogen) atoms. The highest BCUT2D eigenvalue weighted by atomic mass is 35.5. The van der Waals surface area contributed by atoms with E-state index in [-0.39, 0.29) is 5.70 Å². The number of rotatable bonds is 2. The summed E-state index contributed by atoms with van der Waals surface area (Å²) in [6.45, 7) is 1.61. The first-order chi connectivity index (χ1) is 10.0. The molecule has 2 heterocycles. The van der Waals surface area contributed by atoms with Gasteiger partial charge in [-0.25, -0.2) is 9.79 Å². The van der Waals surface area contributed by atoms with Crippen LogP contribution >= 0.6 is 23.2 Å². The van der Waals surface area contributed by atoms with Gasteiger partial charge in [-0.05, 0) is 24.3 Å². The molecule has 0 saturated heterocycles. The molecule has 2 aromatic rings. The van der Waals surface area contributed by atoms with Crippen molar-refractivity contribution < 1.29 is 13.9 Å². The first kappa shape index (κ1) is 13.9. The maximum atomic E-state index is 11.5. The van der Waals surface area contributed by atoms with Gasteiger partial charge in [-0.1, -0.05) is 29.3 Å². The van der Waals surface area contributed by atoms with Crippen LogP contribution in [0.5, 0.6) is 0 Å². The van der Waals surface area contributed by atoms with Gasteiger partial charge in [-0.15, -0.1) is 0 Å². The Labute approximate surface area is 130 Å². The van der Waals surface area contributed by atoms with Crippen LogP contribution in [0.25, 0.3) is 17.4 Å². The van der Waals surface area contributed by atoms with Crippen LogP contribution < -0.4 is 0 Å². The first-order valence-corrected chi connectivity index (χ1v) is 6.83. The SMILES string of the molecule is CC1=NC(=Cc2ccc(-c3c(Cl)cccc3Cl)o2)C(=O)O1. The minimum atomic E-state index is -0.499. The Hall–Kier alpha value is -2.04. The average molecular weight is 322 g/mol. The number of nitrogens with zero attached hydrogens (tertiary/aromatic N) is 1. The van der Waals surface area contributed by atoms with Crippen molar-refractivity contribution in [1.29, 1.82) is 0 Å². The van der Waals surface area contributed by atoms with Crippen LogP contribution in [0, 0.1) is 0 Å². The number of furan rings is 1. The Morgan fingerprint density at radius 1 is 1.14 bits per heavy atom. The molecule has 4 nitrogen and oxygen atoms in total. The lowest BCUT2D eigenvalue weighted by Crippen LogP contribution is -1.99. The Balaban J connectivity index is 1.98. The normalized spacial score (nSPS) is 16.2. The number of ether oxygens (including phenoxy) is 1. The molecule has 0 fully saturated rings. The molecule has 1 aliphatic rings. The summed E-state index contributed by atoms with van der Waals surface area (Å²) in [5, 5.41) is 0.982. The Morgan fingerprint density at radius 2 is 1.86 bits per heavy atom. The Bertz CT molecular complexity index is 770. The number of esters is 1. The van der Waals surface area contributed by atoms with Crippen molar-refractivity contribution in [1.82, 2.24) is 0 Å². The summed E-state index contributed by atoms with van der Waals surface area (Å²) in [5.41, 5.74) is 0.804. The standard InChI is InChI=1S/C15H9Cl2NO3/c1-8-18-12(15(19)20-8)7-9-5-6-13(21-9)14-10(16)3-2-4-11(14)17/h2-7H,1H3. The topological polar surface area (TPSA) is 51.8 Å². The van der Waals surface area contributed by atoms with Crippen molar-refractivity contribution in [2.45, 2.75) is 6.92 Å². The average Bonchev–Trinajstić information content (AvgIpc) is 2.97. The molecule has 0 atom stereocenters. The minimum absolute atomic E-state index is 0.193. The molecule has 0 unspecified atom stereocenters. The van der Waals surface area contributed by atoms with E-state index in [1.807, 2.05) is 0 Å². The number of carbonyl (C=O) groups is 1. The fourth-order valence-corrected chi connectivity index (χ4v) is 2.53. The number of cyclic esters (lactones) is 1. The summed E-state index contributed by atoms with van der Waals surface area (Å²) < 4.78 is 10.5. The molecule has 0 aliphatic carbocycles. The van der Waals surface area contributed by atoms with Crippen LogP contribution in [0.4, 0.5) is 0 Å². The molecular formula is C15H9Cl2NO3. The lowest BCUT2D eigenvalue weighted by atomic mass is 10.2. The number of benzene rings is 1. The predicted octanol–water partition coefficient (Wildman–Crippen LogP) is 4.57. The number of hydrogen-bond donors (Lipinski definition) is 0. The van der Waals surface area contributed by atoms with Crippen molar-refractivity contribution in [3.05, 3.63) is 51.8 Å². The summed E-state index contributed by atoms with van der Waals surface area (Å²) in [6.07, 6.45) is 1.51. The zero-order valence-corrected chi connectivity index (χ0v) is 12.4. The van der Waals surface area contributed by atoms with Crippen LogP contribution in [0.15, 0.2) is 45.4 Å². The predicted molar refractivity (Wildman–Crippen MR) is 81.3 cm³/mol. The molecule has 0 bridgehead atoms. The van der Waals surface area contributed by atoms with E-state index in [1.54, 1.807) is 37.3 Å². The second-order valence-corrected chi connectivity index (χ2v) is 5.16. The lowest BCUT2D eigenvalue weighted by molar-refractivity contribution is -0.130. The lowest BCUT2D eigenvalue weighted by Gasteiger charge is -2.02. The monoisotopic (exact) mass is 321 g/mol. The van der Waals surface area contributed by atoms with Crippen molar-refractivity contribution in [3.8, 4) is 11.3 Å². The summed E-state index contributed by atoms with van der Waals surface area (Å²) in [5.74, 6) is 0.796. The van der Waals surface area contributed by atoms with Crippen LogP contribution in [-0.2, 0) is 9.53 Å². The highest BCUT2D eigenvalue weighted by Gasteiger charge is 2.20. The van der Waals surface area contributed by atoms with Crippen LogP contribution in [0.1, 0.15) is 12.7 Å². The first-order valence-electron chi connectivity index (χ1n) is 6.08. The van der Waals surface area contributed by atoms with Gasteiger partial charge in [-0.2, -0.15) is 0 Å². The number of aliphatic imine (C=N–C) groups is 1. The molecule has 1 aromatic carbocycles.